The predicted molar refractivity (Wildman–Crippen MR) is 82.4 cm³/mol. The fraction of sp³-hybridized carbons (Fsp3) is 0.400. The molecule has 3 nitrogen and oxygen atoms in total. The maximum absolute atomic E-state index is 10.0. The molecule has 0 amide bonds. The van der Waals surface area contributed by atoms with Crippen molar-refractivity contribution in [3.8, 4) is 0 Å². The Hall–Kier alpha value is -1.03. The molecule has 2 rings (SSSR count). The van der Waals surface area contributed by atoms with E-state index < -0.39 is 11.0 Å². The smallest absolute Gasteiger partial charge is 0.116 e. The van der Waals surface area contributed by atoms with Gasteiger partial charge < -0.3 is 10.1 Å². The standard InChI is InChI=1S/C15H18Cl2N2O/c1-14(2,12-9(16)6-5-7-10(12)17)13-18-8-11(19-13)15(3,4)20/h5-8,20H,1-4H3,(H,18,19). The molecule has 0 aliphatic heterocycles. The molecule has 0 radical (unpaired) electrons. The second kappa shape index (κ2) is 5.06. The molecule has 1 heterocycles. The summed E-state index contributed by atoms with van der Waals surface area (Å²) in [7, 11) is 0. The first-order valence-electron chi connectivity index (χ1n) is 6.37. The largest absolute Gasteiger partial charge is 0.384 e. The quantitative estimate of drug-likeness (QED) is 0.889. The lowest BCUT2D eigenvalue weighted by molar-refractivity contribution is 0.0741. The van der Waals surface area contributed by atoms with E-state index >= 15 is 0 Å². The minimum atomic E-state index is -0.967. The number of hydrogen-bond donors (Lipinski definition) is 2. The minimum absolute atomic E-state index is 0.487. The molecule has 2 aromatic rings. The van der Waals surface area contributed by atoms with Crippen LogP contribution in [0.1, 0.15) is 44.8 Å². The molecule has 1 aromatic heterocycles. The normalized spacial score (nSPS) is 12.8. The molecular formula is C15H18Cl2N2O. The molecule has 0 atom stereocenters. The lowest BCUT2D eigenvalue weighted by Gasteiger charge is -2.25. The van der Waals surface area contributed by atoms with E-state index in [1.807, 2.05) is 32.0 Å². The highest BCUT2D eigenvalue weighted by atomic mass is 35.5. The van der Waals surface area contributed by atoms with Gasteiger partial charge in [-0.05, 0) is 39.8 Å². The van der Waals surface area contributed by atoms with Crippen LogP contribution in [0.5, 0.6) is 0 Å². The number of aromatic amines is 1. The summed E-state index contributed by atoms with van der Waals surface area (Å²) >= 11 is 12.6. The van der Waals surface area contributed by atoms with E-state index in [1.54, 1.807) is 20.0 Å². The van der Waals surface area contributed by atoms with Crippen molar-refractivity contribution in [3.05, 3.63) is 51.5 Å². The van der Waals surface area contributed by atoms with Crippen LogP contribution in [0.3, 0.4) is 0 Å². The third-order valence-electron chi connectivity index (χ3n) is 3.41. The summed E-state index contributed by atoms with van der Waals surface area (Å²) in [5.41, 5.74) is 0.0218. The van der Waals surface area contributed by atoms with Crippen LogP contribution in [0.2, 0.25) is 10.0 Å². The molecule has 20 heavy (non-hydrogen) atoms. The monoisotopic (exact) mass is 312 g/mol. The first-order valence-corrected chi connectivity index (χ1v) is 7.12. The molecule has 0 saturated carbocycles. The number of benzene rings is 1. The molecule has 0 fully saturated rings. The maximum Gasteiger partial charge on any atom is 0.116 e. The van der Waals surface area contributed by atoms with Gasteiger partial charge >= 0.3 is 0 Å². The molecule has 2 N–H and O–H groups in total. The number of nitrogens with zero attached hydrogens (tertiary/aromatic N) is 1. The van der Waals surface area contributed by atoms with Gasteiger partial charge in [-0.3, -0.25) is 0 Å². The van der Waals surface area contributed by atoms with Crippen LogP contribution in [-0.4, -0.2) is 15.1 Å². The summed E-state index contributed by atoms with van der Waals surface area (Å²) in [6, 6.07) is 5.43. The highest BCUT2D eigenvalue weighted by Crippen LogP contribution is 2.39. The first kappa shape index (κ1) is 15.4. The average Bonchev–Trinajstić information content (AvgIpc) is 2.77. The summed E-state index contributed by atoms with van der Waals surface area (Å²) in [5, 5.41) is 11.2. The molecule has 0 unspecified atom stereocenters. The van der Waals surface area contributed by atoms with Crippen LogP contribution in [0, 0.1) is 0 Å². The molecular weight excluding hydrogens is 295 g/mol. The number of halogens is 2. The first-order chi connectivity index (χ1) is 9.14. The van der Waals surface area contributed by atoms with Gasteiger partial charge in [-0.15, -0.1) is 0 Å². The minimum Gasteiger partial charge on any atom is -0.384 e. The number of H-pyrrole nitrogens is 1. The number of rotatable bonds is 3. The van der Waals surface area contributed by atoms with Crippen LogP contribution in [-0.2, 0) is 11.0 Å². The third-order valence-corrected chi connectivity index (χ3v) is 4.04. The van der Waals surface area contributed by atoms with Gasteiger partial charge in [0, 0.05) is 15.6 Å². The van der Waals surface area contributed by atoms with E-state index in [-0.39, 0.29) is 0 Å². The van der Waals surface area contributed by atoms with E-state index in [2.05, 4.69) is 9.97 Å². The van der Waals surface area contributed by atoms with E-state index in [0.29, 0.717) is 21.6 Å². The topological polar surface area (TPSA) is 48.9 Å². The Morgan fingerprint density at radius 2 is 1.65 bits per heavy atom. The van der Waals surface area contributed by atoms with Crippen molar-refractivity contribution >= 4 is 23.2 Å². The van der Waals surface area contributed by atoms with Crippen molar-refractivity contribution in [2.24, 2.45) is 0 Å². The maximum atomic E-state index is 10.0. The Kier molecular flexibility index (Phi) is 3.89. The van der Waals surface area contributed by atoms with Crippen molar-refractivity contribution in [3.63, 3.8) is 0 Å². The van der Waals surface area contributed by atoms with Crippen molar-refractivity contribution in [1.29, 1.82) is 0 Å². The van der Waals surface area contributed by atoms with Crippen LogP contribution in [0.15, 0.2) is 24.4 Å². The van der Waals surface area contributed by atoms with Crippen molar-refractivity contribution in [2.45, 2.75) is 38.7 Å². The molecule has 0 aliphatic rings. The Labute approximate surface area is 129 Å². The Morgan fingerprint density at radius 1 is 1.10 bits per heavy atom. The number of aliphatic hydroxyl groups is 1. The van der Waals surface area contributed by atoms with Crippen LogP contribution in [0.4, 0.5) is 0 Å². The summed E-state index contributed by atoms with van der Waals surface area (Å²) in [6.45, 7) is 7.40. The van der Waals surface area contributed by atoms with Crippen molar-refractivity contribution in [2.75, 3.05) is 0 Å². The van der Waals surface area contributed by atoms with Crippen molar-refractivity contribution < 1.29 is 5.11 Å². The van der Waals surface area contributed by atoms with Gasteiger partial charge in [0.25, 0.3) is 0 Å². The molecule has 0 aliphatic carbocycles. The average molecular weight is 313 g/mol. The Morgan fingerprint density at radius 3 is 2.10 bits per heavy atom. The fourth-order valence-electron chi connectivity index (χ4n) is 2.16. The van der Waals surface area contributed by atoms with Gasteiger partial charge in [0.15, 0.2) is 0 Å². The Bertz CT molecular complexity index is 607. The number of hydrogen-bond acceptors (Lipinski definition) is 2. The highest BCUT2D eigenvalue weighted by molar-refractivity contribution is 6.36. The van der Waals surface area contributed by atoms with E-state index in [1.165, 1.54) is 0 Å². The van der Waals surface area contributed by atoms with Gasteiger partial charge in [-0.2, -0.15) is 0 Å². The van der Waals surface area contributed by atoms with Crippen LogP contribution < -0.4 is 0 Å². The van der Waals surface area contributed by atoms with E-state index in [9.17, 15) is 5.11 Å². The zero-order chi connectivity index (χ0) is 15.1. The molecule has 108 valence electrons. The van der Waals surface area contributed by atoms with Gasteiger partial charge in [0.1, 0.15) is 11.4 Å². The molecule has 0 saturated heterocycles. The SMILES string of the molecule is CC(C)(O)c1cnc(C(C)(C)c2c(Cl)cccc2Cl)[nH]1. The predicted octanol–water partition coefficient (Wildman–Crippen LogP) is 4.27. The summed E-state index contributed by atoms with van der Waals surface area (Å²) in [6.07, 6.45) is 1.64. The van der Waals surface area contributed by atoms with Crippen LogP contribution >= 0.6 is 23.2 Å². The molecule has 0 spiro atoms. The second-order valence-electron chi connectivity index (χ2n) is 5.93. The summed E-state index contributed by atoms with van der Waals surface area (Å²) in [4.78, 5) is 7.55. The number of imidazole rings is 1. The van der Waals surface area contributed by atoms with Gasteiger partial charge in [-0.25, -0.2) is 4.98 Å². The van der Waals surface area contributed by atoms with Crippen molar-refractivity contribution in [1.82, 2.24) is 9.97 Å². The third kappa shape index (κ3) is 2.71. The summed E-state index contributed by atoms with van der Waals surface area (Å²) < 4.78 is 0. The van der Waals surface area contributed by atoms with Gasteiger partial charge in [-0.1, -0.05) is 29.3 Å². The zero-order valence-corrected chi connectivity index (χ0v) is 13.5. The van der Waals surface area contributed by atoms with E-state index in [0.717, 1.165) is 5.56 Å². The number of nitrogens with one attached hydrogen (secondary N) is 1. The lowest BCUT2D eigenvalue weighted by Crippen LogP contribution is -2.23. The van der Waals surface area contributed by atoms with Gasteiger partial charge in [0.05, 0.1) is 17.3 Å². The fourth-order valence-corrected chi connectivity index (χ4v) is 3.03. The molecule has 5 heteroatoms. The number of aromatic nitrogens is 2. The highest BCUT2D eigenvalue weighted by Gasteiger charge is 2.32. The second-order valence-corrected chi connectivity index (χ2v) is 6.74. The molecule has 0 bridgehead atoms. The van der Waals surface area contributed by atoms with Gasteiger partial charge in [0.2, 0.25) is 0 Å². The summed E-state index contributed by atoms with van der Waals surface area (Å²) in [5.74, 6) is 0.713. The molecule has 1 aromatic carbocycles. The van der Waals surface area contributed by atoms with Crippen LogP contribution in [0.25, 0.3) is 0 Å². The zero-order valence-electron chi connectivity index (χ0n) is 12.0. The van der Waals surface area contributed by atoms with E-state index in [4.69, 9.17) is 23.2 Å². The Balaban J connectivity index is 2.53. The lowest BCUT2D eigenvalue weighted by atomic mass is 9.83.